The number of guanidine groups is 1. The summed E-state index contributed by atoms with van der Waals surface area (Å²) in [6.07, 6.45) is 4.98. The van der Waals surface area contributed by atoms with Crippen molar-refractivity contribution >= 4 is 29.9 Å². The zero-order chi connectivity index (χ0) is 16.2. The van der Waals surface area contributed by atoms with Gasteiger partial charge >= 0.3 is 0 Å². The predicted molar refractivity (Wildman–Crippen MR) is 109 cm³/mol. The molecular formula is C18H29IN4O. The normalized spacial score (nSPS) is 19.7. The minimum absolute atomic E-state index is 0. The smallest absolute Gasteiger partial charge is 0.191 e. The molecule has 1 saturated heterocycles. The fourth-order valence-corrected chi connectivity index (χ4v) is 3.35. The SMILES string of the molecule is COc1ccccc1C(CN=C(N)N(C)C1CC1)N1CCCC1.I. The number of nitrogens with zero attached hydrogens (tertiary/aromatic N) is 3. The van der Waals surface area contributed by atoms with Crippen LogP contribution in [0, 0.1) is 0 Å². The zero-order valence-electron chi connectivity index (χ0n) is 14.6. The molecule has 2 aliphatic rings. The lowest BCUT2D eigenvalue weighted by atomic mass is 10.0. The molecule has 1 saturated carbocycles. The lowest BCUT2D eigenvalue weighted by molar-refractivity contribution is 0.245. The standard InChI is InChI=1S/C18H28N4O.HI/c1-21(14-9-10-14)18(19)20-13-16(22-11-5-6-12-22)15-7-3-4-8-17(15)23-2;/h3-4,7-8,14,16H,5-6,9-13H2,1-2H3,(H2,19,20);1H. The Balaban J connectivity index is 0.00000208. The van der Waals surface area contributed by atoms with E-state index in [1.54, 1.807) is 7.11 Å². The van der Waals surface area contributed by atoms with E-state index >= 15 is 0 Å². The van der Waals surface area contributed by atoms with Gasteiger partial charge in [0.25, 0.3) is 0 Å². The Kier molecular flexibility index (Phi) is 7.16. The van der Waals surface area contributed by atoms with E-state index in [9.17, 15) is 0 Å². The first-order valence-corrected chi connectivity index (χ1v) is 8.60. The molecule has 134 valence electrons. The van der Waals surface area contributed by atoms with E-state index in [-0.39, 0.29) is 30.0 Å². The van der Waals surface area contributed by atoms with Crippen LogP contribution in [0.4, 0.5) is 0 Å². The quantitative estimate of drug-likeness (QED) is 0.417. The second-order valence-electron chi connectivity index (χ2n) is 6.54. The van der Waals surface area contributed by atoms with E-state index in [4.69, 9.17) is 15.5 Å². The Hall–Kier alpha value is -1.02. The Morgan fingerprint density at radius 1 is 1.33 bits per heavy atom. The summed E-state index contributed by atoms with van der Waals surface area (Å²) in [6, 6.07) is 9.10. The summed E-state index contributed by atoms with van der Waals surface area (Å²) in [5.74, 6) is 1.60. The van der Waals surface area contributed by atoms with Gasteiger partial charge in [-0.15, -0.1) is 24.0 Å². The van der Waals surface area contributed by atoms with Crippen molar-refractivity contribution in [1.29, 1.82) is 0 Å². The zero-order valence-corrected chi connectivity index (χ0v) is 17.0. The molecular weight excluding hydrogens is 415 g/mol. The monoisotopic (exact) mass is 444 g/mol. The van der Waals surface area contributed by atoms with Gasteiger partial charge in [-0.2, -0.15) is 0 Å². The Morgan fingerprint density at radius 3 is 2.62 bits per heavy atom. The summed E-state index contributed by atoms with van der Waals surface area (Å²) < 4.78 is 5.57. The van der Waals surface area contributed by atoms with Gasteiger partial charge in [-0.25, -0.2) is 0 Å². The van der Waals surface area contributed by atoms with E-state index in [1.165, 1.54) is 31.2 Å². The Bertz CT molecular complexity index is 556. The maximum absolute atomic E-state index is 6.18. The van der Waals surface area contributed by atoms with Crippen LogP contribution in [0.5, 0.6) is 5.75 Å². The average Bonchev–Trinajstić information content (AvgIpc) is 3.30. The molecule has 0 spiro atoms. The first kappa shape index (κ1) is 19.3. The fraction of sp³-hybridized carbons (Fsp3) is 0.611. The highest BCUT2D eigenvalue weighted by Crippen LogP contribution is 2.32. The molecule has 1 aromatic carbocycles. The molecule has 1 aliphatic carbocycles. The van der Waals surface area contributed by atoms with Gasteiger partial charge in [0.05, 0.1) is 19.7 Å². The molecule has 3 rings (SSSR count). The topological polar surface area (TPSA) is 54.1 Å². The molecule has 1 heterocycles. The molecule has 1 unspecified atom stereocenters. The van der Waals surface area contributed by atoms with Gasteiger partial charge in [-0.3, -0.25) is 9.89 Å². The second-order valence-corrected chi connectivity index (χ2v) is 6.54. The number of methoxy groups -OCH3 is 1. The number of rotatable bonds is 6. The third-order valence-corrected chi connectivity index (χ3v) is 4.96. The molecule has 0 aromatic heterocycles. The summed E-state index contributed by atoms with van der Waals surface area (Å²) in [7, 11) is 3.78. The molecule has 1 aliphatic heterocycles. The molecule has 1 atom stereocenters. The van der Waals surface area contributed by atoms with Crippen molar-refractivity contribution in [2.75, 3.05) is 33.8 Å². The maximum Gasteiger partial charge on any atom is 0.191 e. The molecule has 6 heteroatoms. The third kappa shape index (κ3) is 4.53. The van der Waals surface area contributed by atoms with Crippen molar-refractivity contribution in [2.45, 2.75) is 37.8 Å². The molecule has 2 fully saturated rings. The van der Waals surface area contributed by atoms with Crippen LogP contribution >= 0.6 is 24.0 Å². The van der Waals surface area contributed by atoms with E-state index in [0.29, 0.717) is 18.5 Å². The van der Waals surface area contributed by atoms with Crippen LogP contribution in [0.3, 0.4) is 0 Å². The highest BCUT2D eigenvalue weighted by Gasteiger charge is 2.29. The number of likely N-dealkylation sites (tertiary alicyclic amines) is 1. The van der Waals surface area contributed by atoms with E-state index < -0.39 is 0 Å². The number of ether oxygens (including phenoxy) is 1. The van der Waals surface area contributed by atoms with Gasteiger partial charge in [0.1, 0.15) is 5.75 Å². The summed E-state index contributed by atoms with van der Waals surface area (Å²) in [5.41, 5.74) is 7.39. The van der Waals surface area contributed by atoms with Gasteiger partial charge < -0.3 is 15.4 Å². The van der Waals surface area contributed by atoms with Crippen LogP contribution in [0.25, 0.3) is 0 Å². The molecule has 0 bridgehead atoms. The van der Waals surface area contributed by atoms with Crippen molar-refractivity contribution in [3.05, 3.63) is 29.8 Å². The predicted octanol–water partition coefficient (Wildman–Crippen LogP) is 2.86. The van der Waals surface area contributed by atoms with Crippen LogP contribution < -0.4 is 10.5 Å². The average molecular weight is 444 g/mol. The lowest BCUT2D eigenvalue weighted by Crippen LogP contribution is -2.37. The van der Waals surface area contributed by atoms with E-state index in [0.717, 1.165) is 18.8 Å². The van der Waals surface area contributed by atoms with E-state index in [2.05, 4.69) is 21.9 Å². The summed E-state index contributed by atoms with van der Waals surface area (Å²) >= 11 is 0. The van der Waals surface area contributed by atoms with Crippen LogP contribution in [0.1, 0.15) is 37.3 Å². The van der Waals surface area contributed by atoms with Gasteiger partial charge in [0.15, 0.2) is 5.96 Å². The maximum atomic E-state index is 6.18. The van der Waals surface area contributed by atoms with Crippen molar-refractivity contribution < 1.29 is 4.74 Å². The first-order valence-electron chi connectivity index (χ1n) is 8.60. The largest absolute Gasteiger partial charge is 0.496 e. The molecule has 0 radical (unpaired) electrons. The summed E-state index contributed by atoms with van der Waals surface area (Å²) in [5, 5.41) is 0. The van der Waals surface area contributed by atoms with Gasteiger partial charge in [-0.05, 0) is 44.8 Å². The van der Waals surface area contributed by atoms with Crippen molar-refractivity contribution in [3.63, 3.8) is 0 Å². The van der Waals surface area contributed by atoms with Crippen LogP contribution in [-0.4, -0.2) is 55.6 Å². The van der Waals surface area contributed by atoms with Gasteiger partial charge in [-0.1, -0.05) is 18.2 Å². The number of benzene rings is 1. The fourth-order valence-electron chi connectivity index (χ4n) is 3.35. The third-order valence-electron chi connectivity index (χ3n) is 4.96. The number of nitrogens with two attached hydrogens (primary N) is 1. The first-order chi connectivity index (χ1) is 11.2. The summed E-state index contributed by atoms with van der Waals surface area (Å²) in [6.45, 7) is 2.93. The molecule has 2 N–H and O–H groups in total. The number of para-hydroxylation sites is 1. The lowest BCUT2D eigenvalue weighted by Gasteiger charge is -2.28. The van der Waals surface area contributed by atoms with Crippen molar-refractivity contribution in [2.24, 2.45) is 10.7 Å². The van der Waals surface area contributed by atoms with Gasteiger partial charge in [0.2, 0.25) is 0 Å². The number of aliphatic imine (C=N–C) groups is 1. The molecule has 1 aromatic rings. The molecule has 24 heavy (non-hydrogen) atoms. The van der Waals surface area contributed by atoms with Crippen LogP contribution in [0.15, 0.2) is 29.3 Å². The minimum atomic E-state index is 0. The highest BCUT2D eigenvalue weighted by atomic mass is 127. The Labute approximate surface area is 162 Å². The van der Waals surface area contributed by atoms with Crippen LogP contribution in [-0.2, 0) is 0 Å². The minimum Gasteiger partial charge on any atom is -0.496 e. The second kappa shape index (κ2) is 8.89. The number of hydrogen-bond donors (Lipinski definition) is 1. The van der Waals surface area contributed by atoms with Gasteiger partial charge in [0, 0.05) is 18.7 Å². The van der Waals surface area contributed by atoms with E-state index in [1.807, 2.05) is 19.2 Å². The van der Waals surface area contributed by atoms with Crippen molar-refractivity contribution in [1.82, 2.24) is 9.80 Å². The summed E-state index contributed by atoms with van der Waals surface area (Å²) in [4.78, 5) is 9.33. The Morgan fingerprint density at radius 2 is 2.00 bits per heavy atom. The van der Waals surface area contributed by atoms with Crippen molar-refractivity contribution in [3.8, 4) is 5.75 Å². The highest BCUT2D eigenvalue weighted by molar-refractivity contribution is 14.0. The van der Waals surface area contributed by atoms with Crippen LogP contribution in [0.2, 0.25) is 0 Å². The molecule has 5 nitrogen and oxygen atoms in total. The number of halogens is 1. The molecule has 0 amide bonds. The number of hydrogen-bond acceptors (Lipinski definition) is 3.